The number of rotatable bonds is 5. The number of likely N-dealkylation sites (N-methyl/N-ethyl adjacent to an activating group) is 1. The van der Waals surface area contributed by atoms with E-state index in [1.807, 2.05) is 0 Å². The molecule has 0 spiro atoms. The van der Waals surface area contributed by atoms with Crippen LogP contribution in [0.25, 0.3) is 0 Å². The Morgan fingerprint density at radius 2 is 2.05 bits per heavy atom. The normalized spacial score (nSPS) is 16.6. The van der Waals surface area contributed by atoms with Crippen LogP contribution in [0.2, 0.25) is 0 Å². The first kappa shape index (κ1) is 15.7. The summed E-state index contributed by atoms with van der Waals surface area (Å²) < 4.78 is 0. The van der Waals surface area contributed by atoms with Crippen molar-refractivity contribution in [2.24, 2.45) is 0 Å². The third kappa shape index (κ3) is 4.69. The largest absolute Gasteiger partial charge is 0.478 e. The van der Waals surface area contributed by atoms with Gasteiger partial charge in [-0.1, -0.05) is 0 Å². The summed E-state index contributed by atoms with van der Waals surface area (Å²) in [5.41, 5.74) is 0.120. The van der Waals surface area contributed by atoms with Crippen molar-refractivity contribution in [2.45, 2.75) is 0 Å². The number of hydrogen-bond acceptors (Lipinski definition) is 5. The van der Waals surface area contributed by atoms with Gasteiger partial charge in [-0.05, 0) is 18.5 Å². The zero-order valence-electron chi connectivity index (χ0n) is 12.0. The number of carboxylic acids is 1. The van der Waals surface area contributed by atoms with Crippen molar-refractivity contribution in [1.29, 1.82) is 0 Å². The van der Waals surface area contributed by atoms with Gasteiger partial charge in [-0.3, -0.25) is 10.2 Å². The van der Waals surface area contributed by atoms with Gasteiger partial charge in [0.2, 0.25) is 0 Å². The summed E-state index contributed by atoms with van der Waals surface area (Å²) in [7, 11) is 2.10. The molecule has 0 radical (unpaired) electrons. The van der Waals surface area contributed by atoms with E-state index in [2.05, 4.69) is 27.5 Å². The van der Waals surface area contributed by atoms with Crippen LogP contribution in [0.4, 0.5) is 9.80 Å². The highest BCUT2D eigenvalue weighted by molar-refractivity contribution is 7.14. The number of nitrogens with zero attached hydrogens (tertiary/aromatic N) is 2. The number of thiophene rings is 1. The second-order valence-electron chi connectivity index (χ2n) is 4.99. The van der Waals surface area contributed by atoms with Gasteiger partial charge in [0.25, 0.3) is 0 Å². The lowest BCUT2D eigenvalue weighted by Crippen LogP contribution is -2.47. The quantitative estimate of drug-likeness (QED) is 0.749. The van der Waals surface area contributed by atoms with Crippen LogP contribution in [-0.2, 0) is 0 Å². The molecular formula is C13H20N4O3S. The molecule has 1 aliphatic rings. The molecule has 21 heavy (non-hydrogen) atoms. The van der Waals surface area contributed by atoms with E-state index in [-0.39, 0.29) is 11.6 Å². The van der Waals surface area contributed by atoms with Crippen molar-refractivity contribution in [2.75, 3.05) is 51.6 Å². The number of nitrogens with one attached hydrogen (secondary N) is 2. The third-order valence-electron chi connectivity index (χ3n) is 3.43. The smallest absolute Gasteiger partial charge is 0.338 e. The van der Waals surface area contributed by atoms with Crippen molar-refractivity contribution in [1.82, 2.24) is 15.1 Å². The molecule has 2 rings (SSSR count). The third-order valence-corrected chi connectivity index (χ3v) is 4.26. The number of piperazine rings is 1. The Kier molecular flexibility index (Phi) is 5.54. The van der Waals surface area contributed by atoms with Crippen LogP contribution in [-0.4, -0.2) is 73.2 Å². The maximum Gasteiger partial charge on any atom is 0.338 e. The molecular weight excluding hydrogens is 292 g/mol. The molecule has 0 aliphatic carbocycles. The Hall–Kier alpha value is -1.64. The van der Waals surface area contributed by atoms with Crippen LogP contribution < -0.4 is 10.6 Å². The van der Waals surface area contributed by atoms with Crippen molar-refractivity contribution >= 4 is 28.3 Å². The molecule has 116 valence electrons. The van der Waals surface area contributed by atoms with E-state index in [0.717, 1.165) is 32.7 Å². The maximum atomic E-state index is 11.7. The monoisotopic (exact) mass is 312 g/mol. The number of carboxylic acid groups (broad SMARTS) is 1. The standard InChI is InChI=1S/C13H20N4O3S/c1-16-5-7-17(8-6-16)4-3-14-13(20)15-11-10(12(18)19)2-9-21-11/h2,9H,3-8H2,1H3,(H,18,19)(H2,14,15,20). The van der Waals surface area contributed by atoms with Crippen LogP contribution in [0.3, 0.4) is 0 Å². The summed E-state index contributed by atoms with van der Waals surface area (Å²) >= 11 is 1.20. The summed E-state index contributed by atoms with van der Waals surface area (Å²) in [5, 5.41) is 16.3. The lowest BCUT2D eigenvalue weighted by Gasteiger charge is -2.32. The van der Waals surface area contributed by atoms with Gasteiger partial charge in [0, 0.05) is 39.3 Å². The maximum absolute atomic E-state index is 11.7. The number of hydrogen-bond donors (Lipinski definition) is 3. The Balaban J connectivity index is 1.70. The van der Waals surface area contributed by atoms with Gasteiger partial charge in [0.1, 0.15) is 5.00 Å². The van der Waals surface area contributed by atoms with Crippen LogP contribution in [0.1, 0.15) is 10.4 Å². The summed E-state index contributed by atoms with van der Waals surface area (Å²) in [5.74, 6) is -1.04. The van der Waals surface area contributed by atoms with Crippen LogP contribution in [0, 0.1) is 0 Å². The molecule has 2 heterocycles. The summed E-state index contributed by atoms with van der Waals surface area (Å²) in [6.45, 7) is 5.45. The van der Waals surface area contributed by atoms with E-state index in [4.69, 9.17) is 5.11 Å². The number of aromatic carboxylic acids is 1. The van der Waals surface area contributed by atoms with Gasteiger partial charge in [0.15, 0.2) is 0 Å². The van der Waals surface area contributed by atoms with Crippen LogP contribution in [0.15, 0.2) is 11.4 Å². The van der Waals surface area contributed by atoms with E-state index in [1.54, 1.807) is 5.38 Å². The first-order valence-corrected chi connectivity index (χ1v) is 7.71. The summed E-state index contributed by atoms with van der Waals surface area (Å²) in [6, 6.07) is 1.11. The second kappa shape index (κ2) is 7.39. The number of amides is 2. The first-order valence-electron chi connectivity index (χ1n) is 6.83. The zero-order chi connectivity index (χ0) is 15.2. The van der Waals surface area contributed by atoms with Crippen molar-refractivity contribution in [3.63, 3.8) is 0 Å². The molecule has 1 aromatic heterocycles. The first-order chi connectivity index (χ1) is 10.1. The predicted molar refractivity (Wildman–Crippen MR) is 82.2 cm³/mol. The highest BCUT2D eigenvalue weighted by Crippen LogP contribution is 2.22. The number of urea groups is 1. The van der Waals surface area contributed by atoms with E-state index in [9.17, 15) is 9.59 Å². The molecule has 1 fully saturated rings. The van der Waals surface area contributed by atoms with Gasteiger partial charge >= 0.3 is 12.0 Å². The van der Waals surface area contributed by atoms with Gasteiger partial charge in [-0.2, -0.15) is 0 Å². The van der Waals surface area contributed by atoms with E-state index < -0.39 is 5.97 Å². The van der Waals surface area contributed by atoms with Crippen LogP contribution >= 0.6 is 11.3 Å². The van der Waals surface area contributed by atoms with E-state index in [1.165, 1.54) is 17.4 Å². The Bertz CT molecular complexity index is 497. The van der Waals surface area contributed by atoms with Gasteiger partial charge in [-0.15, -0.1) is 11.3 Å². The predicted octanol–water partition coefficient (Wildman–Crippen LogP) is 0.815. The summed E-state index contributed by atoms with van der Waals surface area (Å²) in [4.78, 5) is 27.3. The number of anilines is 1. The fourth-order valence-electron chi connectivity index (χ4n) is 2.12. The minimum Gasteiger partial charge on any atom is -0.478 e. The highest BCUT2D eigenvalue weighted by Gasteiger charge is 2.15. The minimum absolute atomic E-state index is 0.120. The molecule has 3 N–H and O–H groups in total. The fraction of sp³-hybridized carbons (Fsp3) is 0.538. The fourth-order valence-corrected chi connectivity index (χ4v) is 2.89. The molecule has 0 bridgehead atoms. The molecule has 1 aliphatic heterocycles. The summed E-state index contributed by atoms with van der Waals surface area (Å²) in [6.07, 6.45) is 0. The van der Waals surface area contributed by atoms with Gasteiger partial charge in [0.05, 0.1) is 5.56 Å². The Morgan fingerprint density at radius 3 is 2.71 bits per heavy atom. The molecule has 0 saturated carbocycles. The lowest BCUT2D eigenvalue weighted by atomic mass is 10.3. The zero-order valence-corrected chi connectivity index (χ0v) is 12.8. The highest BCUT2D eigenvalue weighted by atomic mass is 32.1. The second-order valence-corrected chi connectivity index (χ2v) is 5.91. The lowest BCUT2D eigenvalue weighted by molar-refractivity contribution is 0.0698. The Labute approximate surface area is 127 Å². The van der Waals surface area contributed by atoms with E-state index >= 15 is 0 Å². The topological polar surface area (TPSA) is 84.9 Å². The van der Waals surface area contributed by atoms with Crippen LogP contribution in [0.5, 0.6) is 0 Å². The van der Waals surface area contributed by atoms with Crippen molar-refractivity contribution < 1.29 is 14.7 Å². The average Bonchev–Trinajstić information content (AvgIpc) is 2.89. The van der Waals surface area contributed by atoms with Gasteiger partial charge in [-0.25, -0.2) is 9.59 Å². The molecule has 0 atom stereocenters. The molecule has 1 saturated heterocycles. The Morgan fingerprint density at radius 1 is 1.33 bits per heavy atom. The average molecular weight is 312 g/mol. The number of carbonyl (C=O) groups excluding carboxylic acids is 1. The molecule has 8 heteroatoms. The minimum atomic E-state index is -1.04. The molecule has 2 amide bonds. The molecule has 0 aromatic carbocycles. The van der Waals surface area contributed by atoms with Gasteiger partial charge < -0.3 is 15.3 Å². The van der Waals surface area contributed by atoms with E-state index in [0.29, 0.717) is 11.5 Å². The molecule has 1 aromatic rings. The van der Waals surface area contributed by atoms with Crippen molar-refractivity contribution in [3.05, 3.63) is 17.0 Å². The molecule has 0 unspecified atom stereocenters. The molecule has 7 nitrogen and oxygen atoms in total. The SMILES string of the molecule is CN1CCN(CCNC(=O)Nc2sccc2C(=O)O)CC1. The van der Waals surface area contributed by atoms with Crippen molar-refractivity contribution in [3.8, 4) is 0 Å². The number of carbonyl (C=O) groups is 2.